The minimum atomic E-state index is 0.229. The molecule has 1 aromatic carbocycles. The fraction of sp³-hybridized carbons (Fsp3) is 0.429. The fourth-order valence-electron chi connectivity index (χ4n) is 2.15. The van der Waals surface area contributed by atoms with Gasteiger partial charge >= 0.3 is 0 Å². The molecule has 0 aromatic heterocycles. The smallest absolute Gasteiger partial charge is 0.0880 e. The van der Waals surface area contributed by atoms with Crippen molar-refractivity contribution in [2.75, 3.05) is 19.6 Å². The molecule has 1 aromatic rings. The molecule has 4 nitrogen and oxygen atoms in total. The number of likely N-dealkylation sites (tertiary alicyclic amines) is 1. The third kappa shape index (κ3) is 3.81. The van der Waals surface area contributed by atoms with Crippen LogP contribution < -0.4 is 0 Å². The number of hydrogen-bond donors (Lipinski definition) is 0. The van der Waals surface area contributed by atoms with Crippen LogP contribution in [0.3, 0.4) is 0 Å². The van der Waals surface area contributed by atoms with E-state index in [2.05, 4.69) is 38.9 Å². The third-order valence-electron chi connectivity index (χ3n) is 2.98. The first-order valence-corrected chi connectivity index (χ1v) is 6.19. The van der Waals surface area contributed by atoms with Crippen LogP contribution >= 0.6 is 0 Å². The van der Waals surface area contributed by atoms with Gasteiger partial charge in [-0.1, -0.05) is 29.1 Å². The molecule has 0 saturated carbocycles. The van der Waals surface area contributed by atoms with Crippen molar-refractivity contribution in [3.8, 4) is 11.8 Å². The number of hydrogen-bond acceptors (Lipinski definition) is 2. The average molecular weight is 240 g/mol. The zero-order valence-electron chi connectivity index (χ0n) is 10.3. The molecule has 18 heavy (non-hydrogen) atoms. The van der Waals surface area contributed by atoms with Crippen molar-refractivity contribution in [2.45, 2.75) is 19.4 Å². The van der Waals surface area contributed by atoms with Gasteiger partial charge in [-0.3, -0.25) is 4.90 Å². The molecule has 1 aliphatic rings. The lowest BCUT2D eigenvalue weighted by atomic mass is 10.1. The molecule has 0 amide bonds. The maximum atomic E-state index is 8.15. The molecule has 2 rings (SSSR count). The molecule has 92 valence electrons. The van der Waals surface area contributed by atoms with Gasteiger partial charge in [-0.2, -0.15) is 0 Å². The Balaban J connectivity index is 1.99. The molecule has 0 bridgehead atoms. The van der Waals surface area contributed by atoms with Gasteiger partial charge in [0.25, 0.3) is 0 Å². The second-order valence-corrected chi connectivity index (χ2v) is 4.37. The van der Waals surface area contributed by atoms with Gasteiger partial charge in [-0.15, -0.1) is 0 Å². The summed E-state index contributed by atoms with van der Waals surface area (Å²) in [5, 5.41) is 3.39. The van der Waals surface area contributed by atoms with Crippen LogP contribution in [-0.4, -0.2) is 24.5 Å². The Bertz CT molecular complexity index is 500. The summed E-state index contributed by atoms with van der Waals surface area (Å²) in [7, 11) is 0. The van der Waals surface area contributed by atoms with Crippen molar-refractivity contribution in [3.63, 3.8) is 0 Å². The zero-order valence-corrected chi connectivity index (χ0v) is 10.3. The molecule has 0 spiro atoms. The average Bonchev–Trinajstić information content (AvgIpc) is 2.88. The Morgan fingerprint density at radius 2 is 2.17 bits per heavy atom. The Kier molecular flexibility index (Phi) is 4.66. The topological polar surface area (TPSA) is 52.0 Å². The van der Waals surface area contributed by atoms with E-state index < -0.39 is 0 Å². The molecule has 1 fully saturated rings. The van der Waals surface area contributed by atoms with Crippen LogP contribution in [0.25, 0.3) is 10.4 Å². The van der Waals surface area contributed by atoms with E-state index in [4.69, 9.17) is 5.53 Å². The summed E-state index contributed by atoms with van der Waals surface area (Å²) in [6.07, 6.45) is 2.62. The minimum Gasteiger partial charge on any atom is -0.299 e. The SMILES string of the molecule is [N-]=[N+]=NCC#Cc1cccc(CN2CCCC2)c1. The lowest BCUT2D eigenvalue weighted by molar-refractivity contribution is 0.331. The molecule has 0 aliphatic carbocycles. The van der Waals surface area contributed by atoms with Gasteiger partial charge in [0.2, 0.25) is 0 Å². The summed E-state index contributed by atoms with van der Waals surface area (Å²) in [4.78, 5) is 5.13. The van der Waals surface area contributed by atoms with E-state index in [1.165, 1.54) is 31.5 Å². The Labute approximate surface area is 107 Å². The molecule has 1 aliphatic heterocycles. The monoisotopic (exact) mass is 240 g/mol. The molecule has 0 atom stereocenters. The van der Waals surface area contributed by atoms with Crippen molar-refractivity contribution in [3.05, 3.63) is 45.8 Å². The van der Waals surface area contributed by atoms with Crippen LogP contribution in [0, 0.1) is 11.8 Å². The quantitative estimate of drug-likeness (QED) is 0.347. The molecule has 1 heterocycles. The van der Waals surface area contributed by atoms with E-state index >= 15 is 0 Å². The van der Waals surface area contributed by atoms with E-state index in [1.807, 2.05) is 12.1 Å². The van der Waals surface area contributed by atoms with Crippen molar-refractivity contribution in [1.82, 2.24) is 4.90 Å². The van der Waals surface area contributed by atoms with Gasteiger partial charge in [-0.25, -0.2) is 0 Å². The zero-order chi connectivity index (χ0) is 12.6. The molecule has 0 unspecified atom stereocenters. The maximum absolute atomic E-state index is 8.15. The first kappa shape index (κ1) is 12.5. The normalized spacial score (nSPS) is 14.7. The Morgan fingerprint density at radius 1 is 1.33 bits per heavy atom. The van der Waals surface area contributed by atoms with Gasteiger partial charge in [-0.05, 0) is 49.2 Å². The molecule has 0 radical (unpaired) electrons. The van der Waals surface area contributed by atoms with Gasteiger partial charge in [0.15, 0.2) is 0 Å². The standard InChI is InChI=1S/C14H16N4/c15-17-16-8-4-7-13-5-3-6-14(11-13)12-18-9-1-2-10-18/h3,5-6,11H,1-2,8-10,12H2. The highest BCUT2D eigenvalue weighted by molar-refractivity contribution is 5.37. The summed E-state index contributed by atoms with van der Waals surface area (Å²) in [5.74, 6) is 5.85. The van der Waals surface area contributed by atoms with Gasteiger partial charge in [0.1, 0.15) is 0 Å². The minimum absolute atomic E-state index is 0.229. The Morgan fingerprint density at radius 3 is 2.94 bits per heavy atom. The van der Waals surface area contributed by atoms with Crippen LogP contribution in [0.15, 0.2) is 29.4 Å². The van der Waals surface area contributed by atoms with E-state index in [-0.39, 0.29) is 6.54 Å². The summed E-state index contributed by atoms with van der Waals surface area (Å²) < 4.78 is 0. The Hall–Kier alpha value is -1.95. The van der Waals surface area contributed by atoms with E-state index in [1.54, 1.807) is 0 Å². The van der Waals surface area contributed by atoms with Crippen molar-refractivity contribution >= 4 is 0 Å². The number of azide groups is 1. The molecule has 0 N–H and O–H groups in total. The highest BCUT2D eigenvalue weighted by Gasteiger charge is 2.11. The highest BCUT2D eigenvalue weighted by atomic mass is 15.1. The molecular formula is C14H16N4. The highest BCUT2D eigenvalue weighted by Crippen LogP contribution is 2.13. The molecule has 1 saturated heterocycles. The van der Waals surface area contributed by atoms with Crippen LogP contribution in [-0.2, 0) is 6.54 Å². The lowest BCUT2D eigenvalue weighted by Gasteiger charge is -2.14. The van der Waals surface area contributed by atoms with Gasteiger partial charge in [0, 0.05) is 17.0 Å². The number of rotatable bonds is 3. The predicted molar refractivity (Wildman–Crippen MR) is 71.8 cm³/mol. The maximum Gasteiger partial charge on any atom is 0.0880 e. The first-order chi connectivity index (χ1) is 8.88. The van der Waals surface area contributed by atoms with Crippen LogP contribution in [0.2, 0.25) is 0 Å². The predicted octanol–water partition coefficient (Wildman–Crippen LogP) is 2.94. The van der Waals surface area contributed by atoms with Crippen molar-refractivity contribution in [1.29, 1.82) is 0 Å². The van der Waals surface area contributed by atoms with E-state index in [0.717, 1.165) is 12.1 Å². The number of benzene rings is 1. The second-order valence-electron chi connectivity index (χ2n) is 4.37. The van der Waals surface area contributed by atoms with Gasteiger partial charge < -0.3 is 0 Å². The van der Waals surface area contributed by atoms with Crippen LogP contribution in [0.4, 0.5) is 0 Å². The number of nitrogens with zero attached hydrogens (tertiary/aromatic N) is 4. The summed E-state index contributed by atoms with van der Waals surface area (Å²) >= 11 is 0. The summed E-state index contributed by atoms with van der Waals surface area (Å²) in [6, 6.07) is 8.26. The van der Waals surface area contributed by atoms with Crippen molar-refractivity contribution < 1.29 is 0 Å². The first-order valence-electron chi connectivity index (χ1n) is 6.19. The van der Waals surface area contributed by atoms with Crippen molar-refractivity contribution in [2.24, 2.45) is 5.11 Å². The second kappa shape index (κ2) is 6.70. The summed E-state index contributed by atoms with van der Waals surface area (Å²) in [6.45, 7) is 3.64. The molecular weight excluding hydrogens is 224 g/mol. The van der Waals surface area contributed by atoms with Crippen LogP contribution in [0.1, 0.15) is 24.0 Å². The molecule has 4 heteroatoms. The fourth-order valence-corrected chi connectivity index (χ4v) is 2.15. The largest absolute Gasteiger partial charge is 0.299 e. The van der Waals surface area contributed by atoms with E-state index in [0.29, 0.717) is 0 Å². The third-order valence-corrected chi connectivity index (χ3v) is 2.98. The van der Waals surface area contributed by atoms with Crippen LogP contribution in [0.5, 0.6) is 0 Å². The summed E-state index contributed by atoms with van der Waals surface area (Å²) in [5.41, 5.74) is 10.4. The van der Waals surface area contributed by atoms with E-state index in [9.17, 15) is 0 Å². The van der Waals surface area contributed by atoms with Gasteiger partial charge in [0.05, 0.1) is 6.54 Å². The lowest BCUT2D eigenvalue weighted by Crippen LogP contribution is -2.18.